The normalized spacial score (nSPS) is 15.0. The van der Waals surface area contributed by atoms with Crippen LogP contribution in [0.25, 0.3) is 0 Å². The molecule has 6 nitrogen and oxygen atoms in total. The Labute approximate surface area is 151 Å². The van der Waals surface area contributed by atoms with Crippen LogP contribution in [0.2, 0.25) is 0 Å². The molecule has 0 aliphatic carbocycles. The van der Waals surface area contributed by atoms with E-state index in [1.54, 1.807) is 31.6 Å². The molecule has 7 heteroatoms. The molecule has 1 aliphatic rings. The molecule has 0 saturated carbocycles. The summed E-state index contributed by atoms with van der Waals surface area (Å²) in [6.07, 6.45) is 2.16. The number of carbonyl (C=O) groups is 1. The van der Waals surface area contributed by atoms with Crippen molar-refractivity contribution in [1.29, 1.82) is 0 Å². The van der Waals surface area contributed by atoms with Crippen LogP contribution in [0.15, 0.2) is 23.6 Å². The minimum absolute atomic E-state index is 0.154. The van der Waals surface area contributed by atoms with Gasteiger partial charge >= 0.3 is 0 Å². The van der Waals surface area contributed by atoms with E-state index in [2.05, 4.69) is 15.6 Å². The summed E-state index contributed by atoms with van der Waals surface area (Å²) >= 11 is 1.58. The van der Waals surface area contributed by atoms with Crippen LogP contribution in [0.5, 0.6) is 11.5 Å². The molecule has 1 fully saturated rings. The summed E-state index contributed by atoms with van der Waals surface area (Å²) in [5.74, 6) is 1.71. The Bertz CT molecular complexity index is 704. The summed E-state index contributed by atoms with van der Waals surface area (Å²) in [6.45, 7) is 2.43. The molecule has 0 bridgehead atoms. The molecule has 2 aromatic rings. The Morgan fingerprint density at radius 3 is 2.56 bits per heavy atom. The van der Waals surface area contributed by atoms with Gasteiger partial charge in [0.2, 0.25) is 0 Å². The van der Waals surface area contributed by atoms with Gasteiger partial charge in [0, 0.05) is 23.9 Å². The largest absolute Gasteiger partial charge is 0.497 e. The summed E-state index contributed by atoms with van der Waals surface area (Å²) < 4.78 is 10.5. The number of piperidine rings is 1. The van der Waals surface area contributed by atoms with E-state index in [1.807, 2.05) is 17.5 Å². The van der Waals surface area contributed by atoms with Gasteiger partial charge in [0.15, 0.2) is 0 Å². The number of methoxy groups -OCH3 is 2. The standard InChI is InChI=1S/C18H23N3O3S/c1-23-14-7-12(8-15(9-14)24-2)10-20-17(22)16-11-25-18(21-16)13-3-5-19-6-4-13/h7-9,11,13,19H,3-6,10H2,1-2H3,(H,20,22). The summed E-state index contributed by atoms with van der Waals surface area (Å²) in [6, 6.07) is 5.56. The zero-order valence-corrected chi connectivity index (χ0v) is 15.3. The average Bonchev–Trinajstić information content (AvgIpc) is 3.16. The second kappa shape index (κ2) is 8.31. The molecule has 1 amide bonds. The number of rotatable bonds is 6. The fourth-order valence-electron chi connectivity index (χ4n) is 2.89. The van der Waals surface area contributed by atoms with Crippen molar-refractivity contribution in [2.45, 2.75) is 25.3 Å². The maximum atomic E-state index is 12.4. The Morgan fingerprint density at radius 1 is 1.24 bits per heavy atom. The monoisotopic (exact) mass is 361 g/mol. The van der Waals surface area contributed by atoms with Crippen LogP contribution in [0.3, 0.4) is 0 Å². The van der Waals surface area contributed by atoms with E-state index in [9.17, 15) is 4.79 Å². The first-order valence-electron chi connectivity index (χ1n) is 8.36. The second-order valence-electron chi connectivity index (χ2n) is 6.00. The van der Waals surface area contributed by atoms with Crippen molar-refractivity contribution in [3.05, 3.63) is 39.8 Å². The number of amides is 1. The topological polar surface area (TPSA) is 72.5 Å². The molecular weight excluding hydrogens is 338 g/mol. The zero-order valence-electron chi connectivity index (χ0n) is 14.5. The number of aromatic nitrogens is 1. The quantitative estimate of drug-likeness (QED) is 0.827. The molecule has 1 aromatic carbocycles. The van der Waals surface area contributed by atoms with E-state index in [0.29, 0.717) is 29.7 Å². The number of ether oxygens (including phenoxy) is 2. The van der Waals surface area contributed by atoms with E-state index in [0.717, 1.165) is 36.5 Å². The molecule has 0 atom stereocenters. The first kappa shape index (κ1) is 17.7. The minimum Gasteiger partial charge on any atom is -0.497 e. The molecule has 1 aromatic heterocycles. The second-order valence-corrected chi connectivity index (χ2v) is 6.89. The van der Waals surface area contributed by atoms with Crippen molar-refractivity contribution in [3.63, 3.8) is 0 Å². The Kier molecular flexibility index (Phi) is 5.88. The number of nitrogens with one attached hydrogen (secondary N) is 2. The van der Waals surface area contributed by atoms with Crippen LogP contribution in [0.4, 0.5) is 0 Å². The Balaban J connectivity index is 1.62. The lowest BCUT2D eigenvalue weighted by Gasteiger charge is -2.20. The van der Waals surface area contributed by atoms with E-state index >= 15 is 0 Å². The summed E-state index contributed by atoms with van der Waals surface area (Å²) in [5.41, 5.74) is 1.41. The Hall–Kier alpha value is -2.12. The molecule has 25 heavy (non-hydrogen) atoms. The molecular formula is C18H23N3O3S. The molecule has 1 aliphatic heterocycles. The van der Waals surface area contributed by atoms with Crippen LogP contribution in [0.1, 0.15) is 39.8 Å². The van der Waals surface area contributed by atoms with Gasteiger partial charge < -0.3 is 20.1 Å². The number of carbonyl (C=O) groups excluding carboxylic acids is 1. The number of hydrogen-bond acceptors (Lipinski definition) is 6. The minimum atomic E-state index is -0.154. The maximum Gasteiger partial charge on any atom is 0.271 e. The summed E-state index contributed by atoms with van der Waals surface area (Å²) in [5, 5.41) is 9.17. The van der Waals surface area contributed by atoms with E-state index in [-0.39, 0.29) is 5.91 Å². The van der Waals surface area contributed by atoms with Gasteiger partial charge in [-0.2, -0.15) is 0 Å². The summed E-state index contributed by atoms with van der Waals surface area (Å²) in [7, 11) is 3.21. The van der Waals surface area contributed by atoms with Gasteiger partial charge in [-0.3, -0.25) is 4.79 Å². The van der Waals surface area contributed by atoms with Crippen LogP contribution in [0, 0.1) is 0 Å². The van der Waals surface area contributed by atoms with E-state index < -0.39 is 0 Å². The van der Waals surface area contributed by atoms with Crippen molar-refractivity contribution in [3.8, 4) is 11.5 Å². The third kappa shape index (κ3) is 4.49. The SMILES string of the molecule is COc1cc(CNC(=O)c2csc(C3CCNCC3)n2)cc(OC)c1. The van der Waals surface area contributed by atoms with Gasteiger partial charge in [-0.15, -0.1) is 11.3 Å². The van der Waals surface area contributed by atoms with Crippen molar-refractivity contribution < 1.29 is 14.3 Å². The predicted molar refractivity (Wildman–Crippen MR) is 97.7 cm³/mol. The van der Waals surface area contributed by atoms with Crippen molar-refractivity contribution in [2.75, 3.05) is 27.3 Å². The fraction of sp³-hybridized carbons (Fsp3) is 0.444. The number of thiazole rings is 1. The van der Waals surface area contributed by atoms with Crippen LogP contribution in [-0.2, 0) is 6.54 Å². The first-order valence-corrected chi connectivity index (χ1v) is 9.24. The number of nitrogens with zero attached hydrogens (tertiary/aromatic N) is 1. The van der Waals surface area contributed by atoms with Crippen molar-refractivity contribution >= 4 is 17.2 Å². The van der Waals surface area contributed by atoms with Crippen LogP contribution >= 0.6 is 11.3 Å². The third-order valence-corrected chi connectivity index (χ3v) is 5.31. The average molecular weight is 361 g/mol. The molecule has 1 saturated heterocycles. The summed E-state index contributed by atoms with van der Waals surface area (Å²) in [4.78, 5) is 16.9. The highest BCUT2D eigenvalue weighted by Gasteiger charge is 2.20. The van der Waals surface area contributed by atoms with Gasteiger partial charge in [-0.25, -0.2) is 4.98 Å². The van der Waals surface area contributed by atoms with E-state index in [1.165, 1.54) is 0 Å². The third-order valence-electron chi connectivity index (χ3n) is 4.31. The van der Waals surface area contributed by atoms with Crippen molar-refractivity contribution in [1.82, 2.24) is 15.6 Å². The maximum absolute atomic E-state index is 12.4. The van der Waals surface area contributed by atoms with Crippen LogP contribution < -0.4 is 20.1 Å². The molecule has 134 valence electrons. The first-order chi connectivity index (χ1) is 12.2. The lowest BCUT2D eigenvalue weighted by molar-refractivity contribution is 0.0946. The highest BCUT2D eigenvalue weighted by atomic mass is 32.1. The molecule has 0 unspecified atom stereocenters. The van der Waals surface area contributed by atoms with Gasteiger partial charge in [0.25, 0.3) is 5.91 Å². The number of benzene rings is 1. The lowest BCUT2D eigenvalue weighted by atomic mass is 9.99. The predicted octanol–water partition coefficient (Wildman–Crippen LogP) is 2.56. The van der Waals surface area contributed by atoms with E-state index in [4.69, 9.17) is 9.47 Å². The highest BCUT2D eigenvalue weighted by molar-refractivity contribution is 7.09. The zero-order chi connectivity index (χ0) is 17.6. The van der Waals surface area contributed by atoms with Crippen LogP contribution in [-0.4, -0.2) is 38.2 Å². The fourth-order valence-corrected chi connectivity index (χ4v) is 3.86. The van der Waals surface area contributed by atoms with Gasteiger partial charge in [0.05, 0.1) is 19.2 Å². The van der Waals surface area contributed by atoms with Gasteiger partial charge in [-0.05, 0) is 43.6 Å². The molecule has 2 N–H and O–H groups in total. The Morgan fingerprint density at radius 2 is 1.92 bits per heavy atom. The van der Waals surface area contributed by atoms with Gasteiger partial charge in [0.1, 0.15) is 17.2 Å². The highest BCUT2D eigenvalue weighted by Crippen LogP contribution is 2.28. The van der Waals surface area contributed by atoms with Gasteiger partial charge in [-0.1, -0.05) is 0 Å². The lowest BCUT2D eigenvalue weighted by Crippen LogP contribution is -2.27. The smallest absolute Gasteiger partial charge is 0.271 e. The molecule has 0 spiro atoms. The molecule has 3 rings (SSSR count). The number of hydrogen-bond donors (Lipinski definition) is 2. The van der Waals surface area contributed by atoms with Crippen molar-refractivity contribution in [2.24, 2.45) is 0 Å². The molecule has 2 heterocycles. The molecule has 0 radical (unpaired) electrons.